The largest absolute Gasteiger partial charge is 4.00 e. The van der Waals surface area contributed by atoms with E-state index in [9.17, 15) is 0 Å². The summed E-state index contributed by atoms with van der Waals surface area (Å²) in [5.41, 5.74) is 0. The van der Waals surface area contributed by atoms with Gasteiger partial charge in [0.05, 0.1) is 0 Å². The molecule has 0 amide bonds. The summed E-state index contributed by atoms with van der Waals surface area (Å²) in [5.74, 6) is 0. The average Bonchev–Trinajstić information content (AvgIpc) is 1.12. The van der Waals surface area contributed by atoms with E-state index in [0.717, 1.165) is 0 Å². The normalized spacial score (nSPS) is 9.83. The molecule has 12 heteroatoms. The molecule has 0 aliphatic rings. The molecule has 0 aliphatic heterocycles. The van der Waals surface area contributed by atoms with E-state index in [4.69, 9.17) is 38.5 Å². The standard InChI is InChI=1S/2H3O4P.W.Zr/c2*1-5(2,3)4;;/h2*(H3,1,2,3,4);;/q;;;+4/p-6. The molecular weight excluding hydrogens is 465 g/mol. The van der Waals surface area contributed by atoms with Gasteiger partial charge in [-0.15, -0.1) is 0 Å². The first-order valence-corrected chi connectivity index (χ1v) is 4.38. The minimum atomic E-state index is -5.39. The van der Waals surface area contributed by atoms with E-state index in [1.54, 1.807) is 0 Å². The molecule has 0 heterocycles. The van der Waals surface area contributed by atoms with Crippen molar-refractivity contribution < 1.29 is 85.8 Å². The van der Waals surface area contributed by atoms with Crippen LogP contribution >= 0.6 is 15.6 Å². The minimum Gasteiger partial charge on any atom is -0.822 e. The molecule has 8 nitrogen and oxygen atoms in total. The van der Waals surface area contributed by atoms with Crippen LogP contribution in [0, 0.1) is 0 Å². The molecule has 0 aliphatic carbocycles. The van der Waals surface area contributed by atoms with Crippen LogP contribution < -0.4 is 29.4 Å². The Kier molecular flexibility index (Phi) is 18.3. The molecule has 0 saturated heterocycles. The predicted octanol–water partition coefficient (Wildman–Crippen LogP) is -5.65. The van der Waals surface area contributed by atoms with Crippen LogP contribution in [0.3, 0.4) is 0 Å². The summed E-state index contributed by atoms with van der Waals surface area (Å²) in [5, 5.41) is 0. The van der Waals surface area contributed by atoms with Crippen molar-refractivity contribution in [1.82, 2.24) is 0 Å². The average molecular weight is 465 g/mol. The molecule has 0 atom stereocenters. The van der Waals surface area contributed by atoms with Crippen LogP contribution in [-0.2, 0) is 56.4 Å². The molecule has 0 N–H and O–H groups in total. The maximum atomic E-state index is 8.55. The van der Waals surface area contributed by atoms with Crippen molar-refractivity contribution in [3.05, 3.63) is 0 Å². The number of hydrogen-bond donors (Lipinski definition) is 0. The fourth-order valence-corrected chi connectivity index (χ4v) is 0. The Labute approximate surface area is 101 Å². The van der Waals surface area contributed by atoms with Gasteiger partial charge < -0.3 is 38.5 Å². The first kappa shape index (κ1) is 23.5. The van der Waals surface area contributed by atoms with Crippen molar-refractivity contribution in [2.24, 2.45) is 0 Å². The summed E-state index contributed by atoms with van der Waals surface area (Å²) in [6.45, 7) is 0. The van der Waals surface area contributed by atoms with Crippen molar-refractivity contribution in [3.63, 3.8) is 0 Å². The van der Waals surface area contributed by atoms with E-state index >= 15 is 0 Å². The summed E-state index contributed by atoms with van der Waals surface area (Å²) >= 11 is 0. The molecule has 0 aromatic carbocycles. The summed E-state index contributed by atoms with van der Waals surface area (Å²) in [6, 6.07) is 0. The molecule has 0 aromatic rings. The van der Waals surface area contributed by atoms with Gasteiger partial charge in [0, 0.05) is 21.1 Å². The van der Waals surface area contributed by atoms with E-state index in [0.29, 0.717) is 0 Å². The molecule has 0 saturated carbocycles. The second-order valence-corrected chi connectivity index (χ2v) is 2.68. The predicted molar refractivity (Wildman–Crippen MR) is 15.2 cm³/mol. The Morgan fingerprint density at radius 3 is 0.667 bits per heavy atom. The molecule has 0 radical (unpaired) electrons. The van der Waals surface area contributed by atoms with Crippen molar-refractivity contribution in [1.29, 1.82) is 0 Å². The number of phosphoric acid groups is 2. The Balaban J connectivity index is -0.0000000457. The summed E-state index contributed by atoms with van der Waals surface area (Å²) in [4.78, 5) is 51.3. The van der Waals surface area contributed by atoms with E-state index in [1.165, 1.54) is 0 Å². The fraction of sp³-hybridized carbons (Fsp3) is 0. The van der Waals surface area contributed by atoms with Gasteiger partial charge in [0.1, 0.15) is 0 Å². The summed E-state index contributed by atoms with van der Waals surface area (Å²) < 4.78 is 17.1. The Morgan fingerprint density at radius 1 is 0.667 bits per heavy atom. The smallest absolute Gasteiger partial charge is 0.822 e. The van der Waals surface area contributed by atoms with Crippen molar-refractivity contribution in [2.75, 3.05) is 0 Å². The van der Waals surface area contributed by atoms with Crippen molar-refractivity contribution in [3.8, 4) is 0 Å². The number of rotatable bonds is 0. The van der Waals surface area contributed by atoms with E-state index in [-0.39, 0.29) is 47.3 Å². The molecule has 0 fully saturated rings. The SMILES string of the molecule is O=P([O-])([O-])[O-].O=P([O-])([O-])[O-].[W].[Zr+4]. The van der Waals surface area contributed by atoms with E-state index < -0.39 is 15.6 Å². The van der Waals surface area contributed by atoms with Gasteiger partial charge in [0.25, 0.3) is 0 Å². The van der Waals surface area contributed by atoms with Gasteiger partial charge in [-0.05, 0) is 0 Å². The topological polar surface area (TPSA) is 172 Å². The van der Waals surface area contributed by atoms with Crippen molar-refractivity contribution in [2.45, 2.75) is 0 Å². The zero-order valence-corrected chi connectivity index (χ0v) is 12.2. The van der Waals surface area contributed by atoms with Crippen LogP contribution in [-0.4, -0.2) is 0 Å². The molecule has 0 aromatic heterocycles. The monoisotopic (exact) mass is 464 g/mol. The third-order valence-electron chi connectivity index (χ3n) is 0. The maximum absolute atomic E-state index is 8.55. The summed E-state index contributed by atoms with van der Waals surface area (Å²) in [6.07, 6.45) is 0. The molecule has 0 spiro atoms. The van der Waals surface area contributed by atoms with Crippen molar-refractivity contribution >= 4 is 15.6 Å². The third-order valence-corrected chi connectivity index (χ3v) is 0. The Bertz CT molecular complexity index is 129. The van der Waals surface area contributed by atoms with Crippen LogP contribution in [0.1, 0.15) is 0 Å². The zero-order chi connectivity index (χ0) is 9.00. The van der Waals surface area contributed by atoms with Gasteiger partial charge in [-0.2, -0.15) is 15.6 Å². The second kappa shape index (κ2) is 9.35. The molecule has 12 heavy (non-hydrogen) atoms. The van der Waals surface area contributed by atoms with Gasteiger partial charge >= 0.3 is 26.2 Å². The third kappa shape index (κ3) is 428. The van der Waals surface area contributed by atoms with Crippen LogP contribution in [0.5, 0.6) is 0 Å². The first-order chi connectivity index (χ1) is 4.00. The van der Waals surface area contributed by atoms with Gasteiger partial charge in [0.15, 0.2) is 0 Å². The first-order valence-electron chi connectivity index (χ1n) is 1.46. The zero-order valence-electron chi connectivity index (χ0n) is 5.07. The van der Waals surface area contributed by atoms with Gasteiger partial charge in [-0.1, -0.05) is 0 Å². The molecule has 70 valence electrons. The van der Waals surface area contributed by atoms with Crippen LogP contribution in [0.25, 0.3) is 0 Å². The molecular formula is O8P2WZr-2. The van der Waals surface area contributed by atoms with E-state index in [1.807, 2.05) is 0 Å². The fourth-order valence-electron chi connectivity index (χ4n) is 0. The molecule has 0 unspecified atom stereocenters. The minimum absolute atomic E-state index is 0. The van der Waals surface area contributed by atoms with Gasteiger partial charge in [0.2, 0.25) is 0 Å². The van der Waals surface area contributed by atoms with Crippen LogP contribution in [0.4, 0.5) is 0 Å². The second-order valence-electron chi connectivity index (χ2n) is 0.894. The van der Waals surface area contributed by atoms with E-state index in [2.05, 4.69) is 0 Å². The number of hydrogen-bond acceptors (Lipinski definition) is 8. The Morgan fingerprint density at radius 2 is 0.667 bits per heavy atom. The van der Waals surface area contributed by atoms with Crippen LogP contribution in [0.2, 0.25) is 0 Å². The Hall–Kier alpha value is 1.79. The summed E-state index contributed by atoms with van der Waals surface area (Å²) in [7, 11) is -10.8. The van der Waals surface area contributed by atoms with Crippen LogP contribution in [0.15, 0.2) is 0 Å². The molecule has 0 rings (SSSR count). The maximum Gasteiger partial charge on any atom is 4.00 e. The molecule has 0 bridgehead atoms. The quantitative estimate of drug-likeness (QED) is 0.319. The van der Waals surface area contributed by atoms with Gasteiger partial charge in [-0.25, -0.2) is 0 Å². The van der Waals surface area contributed by atoms with Gasteiger partial charge in [-0.3, -0.25) is 0 Å².